The summed E-state index contributed by atoms with van der Waals surface area (Å²) in [7, 11) is -3.15. The summed E-state index contributed by atoms with van der Waals surface area (Å²) >= 11 is 0. The van der Waals surface area contributed by atoms with Crippen LogP contribution in [0.25, 0.3) is 0 Å². The molecule has 2 unspecified atom stereocenters. The van der Waals surface area contributed by atoms with E-state index in [0.717, 1.165) is 50.4 Å². The SMILES string of the molecule is CCNC(=NCCc1ccc(S(C)(=O)=O)cc1)N1CCC(c2ccccc2)C(CC)C1.I. The average molecular weight is 570 g/mol. The third-order valence-electron chi connectivity index (χ3n) is 6.13. The van der Waals surface area contributed by atoms with Gasteiger partial charge in [-0.15, -0.1) is 24.0 Å². The molecule has 2 aromatic carbocycles. The van der Waals surface area contributed by atoms with Gasteiger partial charge in [0.25, 0.3) is 0 Å². The van der Waals surface area contributed by atoms with Crippen LogP contribution >= 0.6 is 24.0 Å². The molecule has 1 aliphatic rings. The summed E-state index contributed by atoms with van der Waals surface area (Å²) in [5.74, 6) is 2.21. The highest BCUT2D eigenvalue weighted by Gasteiger charge is 2.30. The van der Waals surface area contributed by atoms with Gasteiger partial charge in [0.15, 0.2) is 15.8 Å². The first-order valence-corrected chi connectivity index (χ1v) is 13.2. The summed E-state index contributed by atoms with van der Waals surface area (Å²) in [6.07, 6.45) is 4.32. The molecule has 1 heterocycles. The fraction of sp³-hybridized carbons (Fsp3) is 0.480. The van der Waals surface area contributed by atoms with E-state index in [0.29, 0.717) is 23.3 Å². The Kier molecular flexibility index (Phi) is 10.5. The maximum atomic E-state index is 11.6. The normalized spacial score (nSPS) is 19.3. The average Bonchev–Trinajstić information content (AvgIpc) is 2.78. The van der Waals surface area contributed by atoms with Crippen LogP contribution in [0.5, 0.6) is 0 Å². The van der Waals surface area contributed by atoms with Crippen LogP contribution in [0.3, 0.4) is 0 Å². The molecule has 0 spiro atoms. The van der Waals surface area contributed by atoms with Crippen molar-refractivity contribution in [3.05, 3.63) is 65.7 Å². The van der Waals surface area contributed by atoms with Crippen molar-refractivity contribution in [2.75, 3.05) is 32.4 Å². The lowest BCUT2D eigenvalue weighted by Gasteiger charge is -2.40. The van der Waals surface area contributed by atoms with Crippen molar-refractivity contribution in [1.82, 2.24) is 10.2 Å². The van der Waals surface area contributed by atoms with Crippen LogP contribution in [0.15, 0.2) is 64.5 Å². The van der Waals surface area contributed by atoms with Crippen molar-refractivity contribution in [2.45, 2.75) is 43.9 Å². The molecule has 7 heteroatoms. The molecule has 1 saturated heterocycles. The zero-order valence-electron chi connectivity index (χ0n) is 19.3. The van der Waals surface area contributed by atoms with Gasteiger partial charge in [0, 0.05) is 32.4 Å². The van der Waals surface area contributed by atoms with Crippen LogP contribution in [0.2, 0.25) is 0 Å². The van der Waals surface area contributed by atoms with Gasteiger partial charge in [-0.1, -0.05) is 55.8 Å². The standard InChI is InChI=1S/C25H35N3O2S.HI/c1-4-21-19-28(18-16-24(21)22-9-7-6-8-10-22)25(26-5-2)27-17-15-20-11-13-23(14-12-20)31(3,29)30;/h6-14,21,24H,4-5,15-19H2,1-3H3,(H,26,27);1H. The molecule has 0 aromatic heterocycles. The molecule has 32 heavy (non-hydrogen) atoms. The minimum Gasteiger partial charge on any atom is -0.357 e. The zero-order chi connectivity index (χ0) is 22.3. The summed E-state index contributed by atoms with van der Waals surface area (Å²) in [6.45, 7) is 7.94. The Balaban J connectivity index is 0.00000363. The Morgan fingerprint density at radius 2 is 1.78 bits per heavy atom. The number of benzene rings is 2. The minimum atomic E-state index is -3.15. The second kappa shape index (κ2) is 12.6. The quantitative estimate of drug-likeness (QED) is 0.298. The fourth-order valence-corrected chi connectivity index (χ4v) is 5.03. The van der Waals surface area contributed by atoms with E-state index in [4.69, 9.17) is 4.99 Å². The molecule has 0 bridgehead atoms. The minimum absolute atomic E-state index is 0. The van der Waals surface area contributed by atoms with Gasteiger partial charge in [-0.2, -0.15) is 0 Å². The maximum Gasteiger partial charge on any atom is 0.193 e. The zero-order valence-corrected chi connectivity index (χ0v) is 22.5. The number of rotatable bonds is 7. The lowest BCUT2D eigenvalue weighted by atomic mass is 9.79. The molecule has 0 amide bonds. The second-order valence-corrected chi connectivity index (χ2v) is 10.3. The van der Waals surface area contributed by atoms with Gasteiger partial charge in [-0.25, -0.2) is 8.42 Å². The van der Waals surface area contributed by atoms with Gasteiger partial charge >= 0.3 is 0 Å². The number of likely N-dealkylation sites (tertiary alicyclic amines) is 1. The molecule has 0 aliphatic carbocycles. The van der Waals surface area contributed by atoms with Crippen molar-refractivity contribution in [3.63, 3.8) is 0 Å². The van der Waals surface area contributed by atoms with E-state index in [2.05, 4.69) is 54.4 Å². The molecular formula is C25H36IN3O2S. The number of hydrogen-bond donors (Lipinski definition) is 1. The van der Waals surface area contributed by atoms with Crippen LogP contribution in [-0.4, -0.2) is 51.7 Å². The highest BCUT2D eigenvalue weighted by Crippen LogP contribution is 2.34. The van der Waals surface area contributed by atoms with Gasteiger partial charge in [-0.05, 0) is 54.9 Å². The molecule has 5 nitrogen and oxygen atoms in total. The van der Waals surface area contributed by atoms with Crippen molar-refractivity contribution in [3.8, 4) is 0 Å². The lowest BCUT2D eigenvalue weighted by molar-refractivity contribution is 0.215. The van der Waals surface area contributed by atoms with E-state index in [9.17, 15) is 8.42 Å². The number of hydrogen-bond acceptors (Lipinski definition) is 3. The molecular weight excluding hydrogens is 533 g/mol. The van der Waals surface area contributed by atoms with Crippen molar-refractivity contribution >= 4 is 39.8 Å². The monoisotopic (exact) mass is 569 g/mol. The second-order valence-electron chi connectivity index (χ2n) is 8.32. The van der Waals surface area contributed by atoms with Crippen LogP contribution in [0.4, 0.5) is 0 Å². The number of piperidine rings is 1. The number of sulfone groups is 1. The van der Waals surface area contributed by atoms with E-state index in [-0.39, 0.29) is 24.0 Å². The van der Waals surface area contributed by atoms with E-state index >= 15 is 0 Å². The first kappa shape index (κ1) is 26.6. The molecule has 176 valence electrons. The summed E-state index contributed by atoms with van der Waals surface area (Å²) in [6, 6.07) is 18.0. The van der Waals surface area contributed by atoms with E-state index in [1.807, 2.05) is 12.1 Å². The molecule has 2 aromatic rings. The van der Waals surface area contributed by atoms with E-state index < -0.39 is 9.84 Å². The highest BCUT2D eigenvalue weighted by atomic mass is 127. The number of guanidine groups is 1. The summed E-state index contributed by atoms with van der Waals surface area (Å²) in [5, 5.41) is 3.46. The highest BCUT2D eigenvalue weighted by molar-refractivity contribution is 14.0. The summed E-state index contributed by atoms with van der Waals surface area (Å²) < 4.78 is 23.2. The first-order valence-electron chi connectivity index (χ1n) is 11.3. The van der Waals surface area contributed by atoms with Gasteiger partial charge in [0.2, 0.25) is 0 Å². The third-order valence-corrected chi connectivity index (χ3v) is 7.26. The number of nitrogens with one attached hydrogen (secondary N) is 1. The third kappa shape index (κ3) is 7.20. The lowest BCUT2D eigenvalue weighted by Crippen LogP contribution is -2.48. The van der Waals surface area contributed by atoms with Crippen molar-refractivity contribution in [2.24, 2.45) is 10.9 Å². The van der Waals surface area contributed by atoms with Crippen LogP contribution in [0, 0.1) is 5.92 Å². The van der Waals surface area contributed by atoms with Gasteiger partial charge in [-0.3, -0.25) is 4.99 Å². The van der Waals surface area contributed by atoms with Crippen LogP contribution in [-0.2, 0) is 16.3 Å². The van der Waals surface area contributed by atoms with Gasteiger partial charge in [0.05, 0.1) is 4.90 Å². The van der Waals surface area contributed by atoms with Gasteiger partial charge in [0.1, 0.15) is 0 Å². The molecule has 3 rings (SSSR count). The first-order chi connectivity index (χ1) is 14.9. The summed E-state index contributed by atoms with van der Waals surface area (Å²) in [5.41, 5.74) is 2.55. The maximum absolute atomic E-state index is 11.6. The Morgan fingerprint density at radius 1 is 1.09 bits per heavy atom. The van der Waals surface area contributed by atoms with Crippen LogP contribution in [0.1, 0.15) is 43.7 Å². The predicted octanol–water partition coefficient (Wildman–Crippen LogP) is 4.73. The molecule has 0 radical (unpaired) electrons. The topological polar surface area (TPSA) is 61.8 Å². The van der Waals surface area contributed by atoms with E-state index in [1.54, 1.807) is 12.1 Å². The molecule has 1 fully saturated rings. The Bertz CT molecular complexity index is 962. The summed E-state index contributed by atoms with van der Waals surface area (Å²) in [4.78, 5) is 7.65. The Labute approximate surface area is 210 Å². The smallest absolute Gasteiger partial charge is 0.193 e. The number of nitrogens with zero attached hydrogens (tertiary/aromatic N) is 2. The molecule has 1 N–H and O–H groups in total. The number of halogens is 1. The fourth-order valence-electron chi connectivity index (χ4n) is 4.40. The predicted molar refractivity (Wildman–Crippen MR) is 144 cm³/mol. The molecule has 0 saturated carbocycles. The largest absolute Gasteiger partial charge is 0.357 e. The van der Waals surface area contributed by atoms with Crippen LogP contribution < -0.4 is 5.32 Å². The van der Waals surface area contributed by atoms with E-state index in [1.165, 1.54) is 11.8 Å². The molecule has 1 aliphatic heterocycles. The van der Waals surface area contributed by atoms with Crippen molar-refractivity contribution < 1.29 is 8.42 Å². The molecule has 2 atom stereocenters. The Morgan fingerprint density at radius 3 is 2.38 bits per heavy atom. The number of aliphatic imine (C=N–C) groups is 1. The Hall–Kier alpha value is -1.61. The van der Waals surface area contributed by atoms with Gasteiger partial charge < -0.3 is 10.2 Å². The van der Waals surface area contributed by atoms with Crippen molar-refractivity contribution in [1.29, 1.82) is 0 Å².